The molecule has 2 heterocycles. The van der Waals surface area contributed by atoms with Crippen molar-refractivity contribution in [2.45, 2.75) is 31.6 Å². The van der Waals surface area contributed by atoms with Crippen LogP contribution in [-0.4, -0.2) is 16.1 Å². The van der Waals surface area contributed by atoms with Gasteiger partial charge in [0.25, 0.3) is 0 Å². The minimum Gasteiger partial charge on any atom is -0.0623 e. The van der Waals surface area contributed by atoms with E-state index < -0.39 is 21.6 Å². The summed E-state index contributed by atoms with van der Waals surface area (Å²) in [6, 6.07) is 89.5. The van der Waals surface area contributed by atoms with Crippen LogP contribution >= 0.6 is 0 Å². The lowest BCUT2D eigenvalue weighted by atomic mass is 9.70. The first-order valence-corrected chi connectivity index (χ1v) is 32.1. The summed E-state index contributed by atoms with van der Waals surface area (Å²) in [5.41, 5.74) is 23.8. The van der Waals surface area contributed by atoms with Gasteiger partial charge in [-0.1, -0.05) is 251 Å². The molecule has 0 fully saturated rings. The molecular formula is C71H50Si2. The second-order valence-electron chi connectivity index (χ2n) is 22.1. The van der Waals surface area contributed by atoms with Crippen LogP contribution in [0, 0.1) is 0 Å². The monoisotopic (exact) mass is 958 g/mol. The molecule has 0 saturated carbocycles. The van der Waals surface area contributed by atoms with Gasteiger partial charge < -0.3 is 0 Å². The van der Waals surface area contributed by atoms with Crippen molar-refractivity contribution in [3.8, 4) is 77.9 Å². The molecule has 12 aromatic rings. The number of rotatable bonds is 3. The number of hydrogen-bond acceptors (Lipinski definition) is 0. The maximum atomic E-state index is 2.59. The predicted molar refractivity (Wildman–Crippen MR) is 316 cm³/mol. The van der Waals surface area contributed by atoms with Gasteiger partial charge in [0.2, 0.25) is 0 Å². The van der Waals surface area contributed by atoms with Crippen LogP contribution in [0.2, 0.25) is 26.2 Å². The quantitative estimate of drug-likeness (QED) is 0.122. The molecule has 0 N–H and O–H groups in total. The van der Waals surface area contributed by atoms with Crippen molar-refractivity contribution in [2.75, 3.05) is 0 Å². The first kappa shape index (κ1) is 41.5. The fraction of sp³-hybridized carbons (Fsp3) is 0.0704. The largest absolute Gasteiger partial charge is 0.113 e. The molecule has 0 atom stereocenters. The summed E-state index contributed by atoms with van der Waals surface area (Å²) in [5, 5.41) is 13.8. The van der Waals surface area contributed by atoms with Gasteiger partial charge >= 0.3 is 0 Å². The molecule has 0 unspecified atom stereocenters. The van der Waals surface area contributed by atoms with Crippen LogP contribution in [0.15, 0.2) is 231 Å². The van der Waals surface area contributed by atoms with Crippen molar-refractivity contribution >= 4 is 69.2 Å². The highest BCUT2D eigenvalue weighted by Crippen LogP contribution is 2.65. The SMILES string of the molecule is C[Si]1(C)c2ccccc2-c2c(-c3cccc4c(-c5cccc6c5-c5c(ccc7ccccc57)C65c6ccccc6-c6ccccc65)c5cccc(-c6cccc7c6-c6ccccc6[Si]7(C)C)c5cc34)cccc21. The van der Waals surface area contributed by atoms with Crippen LogP contribution in [0.4, 0.5) is 0 Å². The van der Waals surface area contributed by atoms with E-state index in [4.69, 9.17) is 0 Å². The highest BCUT2D eigenvalue weighted by molar-refractivity contribution is 7.04. The topological polar surface area (TPSA) is 0 Å². The third-order valence-corrected chi connectivity index (χ3v) is 25.2. The third kappa shape index (κ3) is 5.15. The number of benzene rings is 12. The zero-order valence-corrected chi connectivity index (χ0v) is 43.4. The lowest BCUT2D eigenvalue weighted by Gasteiger charge is -2.30. The van der Waals surface area contributed by atoms with Gasteiger partial charge in [-0.3, -0.25) is 0 Å². The summed E-state index contributed by atoms with van der Waals surface area (Å²) in [6.45, 7) is 10.1. The minimum atomic E-state index is -1.96. The molecule has 0 aromatic heterocycles. The van der Waals surface area contributed by atoms with Gasteiger partial charge in [0.15, 0.2) is 0 Å². The Morgan fingerprint density at radius 2 is 0.630 bits per heavy atom. The maximum Gasteiger partial charge on any atom is 0.113 e. The van der Waals surface area contributed by atoms with Gasteiger partial charge in [-0.25, -0.2) is 0 Å². The van der Waals surface area contributed by atoms with Crippen molar-refractivity contribution in [2.24, 2.45) is 0 Å². The highest BCUT2D eigenvalue weighted by Gasteiger charge is 2.53. The van der Waals surface area contributed by atoms with Crippen molar-refractivity contribution in [1.82, 2.24) is 0 Å². The summed E-state index contributed by atoms with van der Waals surface area (Å²) in [5.74, 6) is 0. The molecule has 342 valence electrons. The first-order chi connectivity index (χ1) is 35.8. The maximum absolute atomic E-state index is 2.59. The van der Waals surface area contributed by atoms with Crippen LogP contribution in [-0.2, 0) is 5.41 Å². The molecule has 2 heteroatoms. The molecule has 0 amide bonds. The van der Waals surface area contributed by atoms with Crippen molar-refractivity contribution in [1.29, 1.82) is 0 Å². The molecular weight excluding hydrogens is 909 g/mol. The summed E-state index contributed by atoms with van der Waals surface area (Å²) in [7, 11) is -3.91. The molecule has 2 aliphatic carbocycles. The van der Waals surface area contributed by atoms with E-state index in [-0.39, 0.29) is 0 Å². The van der Waals surface area contributed by atoms with E-state index in [9.17, 15) is 0 Å². The summed E-state index contributed by atoms with van der Waals surface area (Å²) >= 11 is 0. The smallest absolute Gasteiger partial charge is 0.0623 e. The van der Waals surface area contributed by atoms with E-state index in [1.807, 2.05) is 0 Å². The molecule has 0 saturated heterocycles. The highest BCUT2D eigenvalue weighted by atomic mass is 28.3. The van der Waals surface area contributed by atoms with Crippen LogP contribution in [0.5, 0.6) is 0 Å². The molecule has 16 rings (SSSR count). The lowest BCUT2D eigenvalue weighted by Crippen LogP contribution is -2.49. The van der Waals surface area contributed by atoms with Crippen LogP contribution in [0.1, 0.15) is 22.3 Å². The average molecular weight is 959 g/mol. The molecule has 0 nitrogen and oxygen atoms in total. The van der Waals surface area contributed by atoms with Crippen LogP contribution < -0.4 is 20.7 Å². The van der Waals surface area contributed by atoms with Crippen molar-refractivity contribution in [3.63, 3.8) is 0 Å². The molecule has 4 aliphatic rings. The zero-order valence-electron chi connectivity index (χ0n) is 41.4. The Balaban J connectivity index is 1.08. The average Bonchev–Trinajstić information content (AvgIpc) is 4.08. The normalized spacial score (nSPS) is 15.2. The second kappa shape index (κ2) is 14.5. The lowest BCUT2D eigenvalue weighted by molar-refractivity contribution is 0.794. The van der Waals surface area contributed by atoms with E-state index in [1.165, 1.54) is 153 Å². The van der Waals surface area contributed by atoms with Gasteiger partial charge in [0, 0.05) is 0 Å². The van der Waals surface area contributed by atoms with E-state index >= 15 is 0 Å². The predicted octanol–water partition coefficient (Wildman–Crippen LogP) is 16.1. The molecule has 2 aliphatic heterocycles. The Morgan fingerprint density at radius 3 is 1.22 bits per heavy atom. The standard InChI is InChI=1S/C71H50Si2/c1-72(2)62-36-13-9-24-53(62)67-49(30-18-38-64(67)72)45-26-15-28-51-56(45)42-57-46(50-31-19-39-65-68(50)54-25-10-14-37-63(54)73(65,3)4)27-16-29-52(57)66(51)55-32-17-35-60-70(55)69-44-21-6-5-20-43(44)40-41-61(69)71(60)58-33-11-7-22-47(58)48-23-8-12-34-59(48)71/h5-42H,1-4H3. The van der Waals surface area contributed by atoms with E-state index in [2.05, 4.69) is 257 Å². The molecule has 0 radical (unpaired) electrons. The van der Waals surface area contributed by atoms with E-state index in [1.54, 1.807) is 0 Å². The fourth-order valence-corrected chi connectivity index (χ4v) is 21.2. The fourth-order valence-electron chi connectivity index (χ4n) is 15.0. The second-order valence-corrected chi connectivity index (χ2v) is 30.8. The summed E-state index contributed by atoms with van der Waals surface area (Å²) < 4.78 is 0. The van der Waals surface area contributed by atoms with Crippen molar-refractivity contribution < 1.29 is 0 Å². The van der Waals surface area contributed by atoms with Crippen molar-refractivity contribution in [3.05, 3.63) is 253 Å². The van der Waals surface area contributed by atoms with E-state index in [0.717, 1.165) is 0 Å². The number of hydrogen-bond donors (Lipinski definition) is 0. The molecule has 73 heavy (non-hydrogen) atoms. The molecule has 12 aromatic carbocycles. The third-order valence-electron chi connectivity index (χ3n) is 18.1. The molecule has 0 bridgehead atoms. The first-order valence-electron chi connectivity index (χ1n) is 26.1. The van der Waals surface area contributed by atoms with Crippen LogP contribution in [0.25, 0.3) is 110 Å². The van der Waals surface area contributed by atoms with Gasteiger partial charge in [0.1, 0.15) is 16.1 Å². The zero-order chi connectivity index (χ0) is 48.5. The summed E-state index contributed by atoms with van der Waals surface area (Å²) in [6.07, 6.45) is 0. The minimum absolute atomic E-state index is 0.488. The van der Waals surface area contributed by atoms with Gasteiger partial charge in [-0.15, -0.1) is 0 Å². The molecule has 1 spiro atoms. The Kier molecular flexibility index (Phi) is 8.24. The van der Waals surface area contributed by atoms with Gasteiger partial charge in [0.05, 0.1) is 5.41 Å². The van der Waals surface area contributed by atoms with Gasteiger partial charge in [-0.2, -0.15) is 0 Å². The summed E-state index contributed by atoms with van der Waals surface area (Å²) in [4.78, 5) is 0. The Bertz CT molecular complexity index is 4240. The van der Waals surface area contributed by atoms with E-state index in [0.29, 0.717) is 0 Å². The van der Waals surface area contributed by atoms with Crippen LogP contribution in [0.3, 0.4) is 0 Å². The number of fused-ring (bicyclic) bond motifs is 20. The Morgan fingerprint density at radius 1 is 0.233 bits per heavy atom. The van der Waals surface area contributed by atoms with Gasteiger partial charge in [-0.05, 0) is 159 Å². The Labute approximate surface area is 428 Å². The Hall–Kier alpha value is -8.15.